The Morgan fingerprint density at radius 1 is 1.35 bits per heavy atom. The topological polar surface area (TPSA) is 75.4 Å². The van der Waals surface area contributed by atoms with Crippen molar-refractivity contribution in [2.75, 3.05) is 19.6 Å². The summed E-state index contributed by atoms with van der Waals surface area (Å²) in [6.07, 6.45) is 3.13. The summed E-state index contributed by atoms with van der Waals surface area (Å²) in [5.41, 5.74) is 7.12. The predicted molar refractivity (Wildman–Crippen MR) is 90.6 cm³/mol. The Bertz CT molecular complexity index is 518. The minimum absolute atomic E-state index is 0.00498. The summed E-state index contributed by atoms with van der Waals surface area (Å²) < 4.78 is 0. The molecular formula is C18H27N3O2. The lowest BCUT2D eigenvalue weighted by Crippen LogP contribution is -2.46. The van der Waals surface area contributed by atoms with E-state index >= 15 is 0 Å². The number of amides is 2. The Morgan fingerprint density at radius 2 is 2.09 bits per heavy atom. The maximum Gasteiger partial charge on any atom is 0.224 e. The first-order valence-corrected chi connectivity index (χ1v) is 8.47. The monoisotopic (exact) mass is 317 g/mol. The smallest absolute Gasteiger partial charge is 0.224 e. The molecule has 1 aliphatic rings. The van der Waals surface area contributed by atoms with E-state index in [1.807, 2.05) is 42.2 Å². The molecule has 0 aromatic heterocycles. The third kappa shape index (κ3) is 5.06. The zero-order chi connectivity index (χ0) is 16.7. The quantitative estimate of drug-likeness (QED) is 0.840. The van der Waals surface area contributed by atoms with E-state index in [4.69, 9.17) is 5.73 Å². The van der Waals surface area contributed by atoms with E-state index in [2.05, 4.69) is 5.32 Å². The Hall–Kier alpha value is -1.88. The van der Waals surface area contributed by atoms with E-state index in [1.165, 1.54) is 0 Å². The van der Waals surface area contributed by atoms with E-state index in [1.54, 1.807) is 0 Å². The van der Waals surface area contributed by atoms with Crippen molar-refractivity contribution in [3.05, 3.63) is 35.9 Å². The van der Waals surface area contributed by atoms with Gasteiger partial charge < -0.3 is 16.0 Å². The standard InChI is InChI=1S/C18H27N3O2/c1-2-7-17(22)21-11-6-10-15(13-21)18(23)20-12-16(19)14-8-4-3-5-9-14/h3-5,8-9,15-16H,2,6-7,10-13,19H2,1H3,(H,20,23). The van der Waals surface area contributed by atoms with Gasteiger partial charge in [0.05, 0.1) is 5.92 Å². The van der Waals surface area contributed by atoms with Crippen LogP contribution in [0, 0.1) is 5.92 Å². The highest BCUT2D eigenvalue weighted by atomic mass is 16.2. The third-order valence-corrected chi connectivity index (χ3v) is 4.33. The van der Waals surface area contributed by atoms with Crippen LogP contribution in [-0.4, -0.2) is 36.3 Å². The summed E-state index contributed by atoms with van der Waals surface area (Å²) in [5.74, 6) is 0.0453. The fourth-order valence-corrected chi connectivity index (χ4v) is 2.96. The van der Waals surface area contributed by atoms with Crippen LogP contribution >= 0.6 is 0 Å². The number of piperidine rings is 1. The fraction of sp³-hybridized carbons (Fsp3) is 0.556. The number of hydrogen-bond donors (Lipinski definition) is 2. The summed E-state index contributed by atoms with van der Waals surface area (Å²) in [6, 6.07) is 9.54. The van der Waals surface area contributed by atoms with Crippen molar-refractivity contribution in [3.63, 3.8) is 0 Å². The highest BCUT2D eigenvalue weighted by molar-refractivity contribution is 5.81. The minimum atomic E-state index is -0.207. The van der Waals surface area contributed by atoms with Crippen molar-refractivity contribution in [1.82, 2.24) is 10.2 Å². The molecule has 3 N–H and O–H groups in total. The van der Waals surface area contributed by atoms with Gasteiger partial charge >= 0.3 is 0 Å². The largest absolute Gasteiger partial charge is 0.354 e. The van der Waals surface area contributed by atoms with Gasteiger partial charge in [-0.25, -0.2) is 0 Å². The summed E-state index contributed by atoms with van der Waals surface area (Å²) in [6.45, 7) is 3.72. The van der Waals surface area contributed by atoms with E-state index in [0.29, 0.717) is 19.5 Å². The molecule has 0 saturated carbocycles. The number of carbonyl (C=O) groups is 2. The number of benzene rings is 1. The second-order valence-electron chi connectivity index (χ2n) is 6.19. The van der Waals surface area contributed by atoms with Gasteiger partial charge in [0.25, 0.3) is 0 Å². The highest BCUT2D eigenvalue weighted by Gasteiger charge is 2.28. The van der Waals surface area contributed by atoms with Crippen molar-refractivity contribution in [2.45, 2.75) is 38.6 Å². The average molecular weight is 317 g/mol. The molecule has 2 unspecified atom stereocenters. The van der Waals surface area contributed by atoms with Crippen LogP contribution in [0.15, 0.2) is 30.3 Å². The fourth-order valence-electron chi connectivity index (χ4n) is 2.96. The van der Waals surface area contributed by atoms with E-state index in [-0.39, 0.29) is 23.8 Å². The Balaban J connectivity index is 1.82. The lowest BCUT2D eigenvalue weighted by molar-refractivity contribution is -0.135. The van der Waals surface area contributed by atoms with Gasteiger partial charge in [-0.2, -0.15) is 0 Å². The molecule has 2 amide bonds. The van der Waals surface area contributed by atoms with Crippen molar-refractivity contribution in [1.29, 1.82) is 0 Å². The van der Waals surface area contributed by atoms with Crippen molar-refractivity contribution < 1.29 is 9.59 Å². The molecule has 126 valence electrons. The Kier molecular flexibility index (Phi) is 6.59. The molecule has 1 fully saturated rings. The molecule has 1 aromatic rings. The second-order valence-corrected chi connectivity index (χ2v) is 6.19. The predicted octanol–water partition coefficient (Wildman–Crippen LogP) is 1.84. The van der Waals surface area contributed by atoms with Gasteiger partial charge in [0.15, 0.2) is 0 Å². The van der Waals surface area contributed by atoms with Crippen LogP contribution in [0.2, 0.25) is 0 Å². The molecule has 2 rings (SSSR count). The Morgan fingerprint density at radius 3 is 2.78 bits per heavy atom. The molecule has 5 nitrogen and oxygen atoms in total. The van der Waals surface area contributed by atoms with Crippen molar-refractivity contribution in [3.8, 4) is 0 Å². The number of rotatable bonds is 6. The first kappa shape index (κ1) is 17.5. The van der Waals surface area contributed by atoms with Crippen LogP contribution in [0.25, 0.3) is 0 Å². The number of nitrogens with two attached hydrogens (primary N) is 1. The first-order chi connectivity index (χ1) is 11.1. The number of likely N-dealkylation sites (tertiary alicyclic amines) is 1. The first-order valence-electron chi connectivity index (χ1n) is 8.47. The van der Waals surface area contributed by atoms with Crippen LogP contribution in [0.5, 0.6) is 0 Å². The van der Waals surface area contributed by atoms with Crippen LogP contribution in [0.4, 0.5) is 0 Å². The number of carbonyl (C=O) groups excluding carboxylic acids is 2. The maximum atomic E-state index is 12.4. The second kappa shape index (κ2) is 8.67. The SMILES string of the molecule is CCCC(=O)N1CCCC(C(=O)NCC(N)c2ccccc2)C1. The molecule has 0 spiro atoms. The highest BCUT2D eigenvalue weighted by Crippen LogP contribution is 2.18. The van der Waals surface area contributed by atoms with Crippen LogP contribution in [0.3, 0.4) is 0 Å². The molecule has 5 heteroatoms. The van der Waals surface area contributed by atoms with Crippen molar-refractivity contribution in [2.24, 2.45) is 11.7 Å². The van der Waals surface area contributed by atoms with Crippen LogP contribution < -0.4 is 11.1 Å². The van der Waals surface area contributed by atoms with Gasteiger partial charge in [-0.3, -0.25) is 9.59 Å². The summed E-state index contributed by atoms with van der Waals surface area (Å²) in [5, 5.41) is 2.94. The van der Waals surface area contributed by atoms with Crippen molar-refractivity contribution >= 4 is 11.8 Å². The molecule has 0 bridgehead atoms. The number of hydrogen-bond acceptors (Lipinski definition) is 3. The minimum Gasteiger partial charge on any atom is -0.354 e. The third-order valence-electron chi connectivity index (χ3n) is 4.33. The van der Waals surface area contributed by atoms with Gasteiger partial charge in [0.2, 0.25) is 11.8 Å². The molecular weight excluding hydrogens is 290 g/mol. The van der Waals surface area contributed by atoms with Crippen LogP contribution in [0.1, 0.15) is 44.2 Å². The zero-order valence-corrected chi connectivity index (χ0v) is 13.8. The van der Waals surface area contributed by atoms with Crippen LogP contribution in [-0.2, 0) is 9.59 Å². The summed E-state index contributed by atoms with van der Waals surface area (Å²) in [4.78, 5) is 26.2. The lowest BCUT2D eigenvalue weighted by atomic mass is 9.96. The van der Waals surface area contributed by atoms with Gasteiger partial charge in [-0.15, -0.1) is 0 Å². The zero-order valence-electron chi connectivity index (χ0n) is 13.8. The molecule has 0 radical (unpaired) electrons. The molecule has 1 aliphatic heterocycles. The van der Waals surface area contributed by atoms with E-state index in [9.17, 15) is 9.59 Å². The number of nitrogens with zero attached hydrogens (tertiary/aromatic N) is 1. The molecule has 0 aliphatic carbocycles. The molecule has 1 heterocycles. The van der Waals surface area contributed by atoms with E-state index in [0.717, 1.165) is 31.4 Å². The molecule has 1 saturated heterocycles. The van der Waals surface area contributed by atoms with Gasteiger partial charge in [-0.05, 0) is 24.8 Å². The molecule has 2 atom stereocenters. The van der Waals surface area contributed by atoms with Gasteiger partial charge in [-0.1, -0.05) is 37.3 Å². The van der Waals surface area contributed by atoms with Gasteiger partial charge in [0.1, 0.15) is 0 Å². The Labute approximate surface area is 138 Å². The van der Waals surface area contributed by atoms with E-state index < -0.39 is 0 Å². The molecule has 23 heavy (non-hydrogen) atoms. The maximum absolute atomic E-state index is 12.4. The average Bonchev–Trinajstić information content (AvgIpc) is 2.60. The lowest BCUT2D eigenvalue weighted by Gasteiger charge is -2.32. The normalized spacial score (nSPS) is 19.2. The number of nitrogens with one attached hydrogen (secondary N) is 1. The molecule has 1 aromatic carbocycles. The van der Waals surface area contributed by atoms with Gasteiger partial charge in [0, 0.05) is 32.1 Å². The summed E-state index contributed by atoms with van der Waals surface area (Å²) in [7, 11) is 0. The summed E-state index contributed by atoms with van der Waals surface area (Å²) >= 11 is 0.